The number of thioether (sulfide) groups is 1. The normalized spacial score (nSPS) is 12.9. The zero-order valence-electron chi connectivity index (χ0n) is 15.7. The van der Waals surface area contributed by atoms with Gasteiger partial charge >= 0.3 is 5.69 Å². The molecule has 0 saturated carbocycles. The van der Waals surface area contributed by atoms with Gasteiger partial charge in [-0.1, -0.05) is 17.8 Å². The Morgan fingerprint density at radius 2 is 2.00 bits per heavy atom. The molecule has 0 atom stereocenters. The highest BCUT2D eigenvalue weighted by Gasteiger charge is 2.22. The lowest BCUT2D eigenvalue weighted by molar-refractivity contribution is -0.113. The van der Waals surface area contributed by atoms with Crippen LogP contribution in [0.15, 0.2) is 28.0 Å². The number of aryl methyl sites for hydroxylation is 2. The van der Waals surface area contributed by atoms with Crippen LogP contribution in [-0.2, 0) is 24.2 Å². The zero-order valence-corrected chi connectivity index (χ0v) is 16.6. The molecule has 1 aliphatic carbocycles. The van der Waals surface area contributed by atoms with Crippen LogP contribution in [0.1, 0.15) is 35.2 Å². The number of hydrogen-bond donors (Lipinski definition) is 2. The van der Waals surface area contributed by atoms with E-state index in [1.165, 1.54) is 11.8 Å². The number of aromatic nitrogens is 2. The molecule has 0 saturated heterocycles. The minimum Gasteiger partial charge on any atom is -0.396 e. The first-order valence-corrected chi connectivity index (χ1v) is 10.2. The topological polar surface area (TPSA) is 84.2 Å². The fourth-order valence-electron chi connectivity index (χ4n) is 3.54. The molecule has 1 amide bonds. The molecule has 0 spiro atoms. The molecule has 3 rings (SSSR count). The lowest BCUT2D eigenvalue weighted by Gasteiger charge is -2.13. The summed E-state index contributed by atoms with van der Waals surface area (Å²) in [4.78, 5) is 28.9. The smallest absolute Gasteiger partial charge is 0.348 e. The van der Waals surface area contributed by atoms with Crippen LogP contribution in [0.4, 0.5) is 5.69 Å². The van der Waals surface area contributed by atoms with Gasteiger partial charge in [0.25, 0.3) is 0 Å². The van der Waals surface area contributed by atoms with E-state index in [-0.39, 0.29) is 24.0 Å². The summed E-state index contributed by atoms with van der Waals surface area (Å²) in [6.45, 7) is 4.53. The molecule has 1 aromatic carbocycles. The Morgan fingerprint density at radius 3 is 2.70 bits per heavy atom. The van der Waals surface area contributed by atoms with Crippen molar-refractivity contribution in [2.75, 3.05) is 17.7 Å². The first kappa shape index (κ1) is 19.6. The van der Waals surface area contributed by atoms with Gasteiger partial charge in [-0.2, -0.15) is 4.98 Å². The van der Waals surface area contributed by atoms with Crippen LogP contribution in [0.2, 0.25) is 0 Å². The summed E-state index contributed by atoms with van der Waals surface area (Å²) in [6, 6.07) is 5.94. The van der Waals surface area contributed by atoms with Gasteiger partial charge in [0.1, 0.15) is 5.03 Å². The second-order valence-corrected chi connectivity index (χ2v) is 7.88. The molecule has 2 N–H and O–H groups in total. The van der Waals surface area contributed by atoms with Crippen molar-refractivity contribution >= 4 is 23.4 Å². The van der Waals surface area contributed by atoms with Crippen LogP contribution in [-0.4, -0.2) is 32.9 Å². The summed E-state index contributed by atoms with van der Waals surface area (Å²) < 4.78 is 1.68. The minimum absolute atomic E-state index is 0.0519. The van der Waals surface area contributed by atoms with Crippen molar-refractivity contribution in [3.63, 3.8) is 0 Å². The first-order chi connectivity index (χ1) is 13.0. The van der Waals surface area contributed by atoms with Crippen LogP contribution in [0.5, 0.6) is 0 Å². The van der Waals surface area contributed by atoms with Gasteiger partial charge in [-0.25, -0.2) is 4.79 Å². The summed E-state index contributed by atoms with van der Waals surface area (Å²) in [6.07, 6.45) is 3.25. The maximum absolute atomic E-state index is 12.4. The predicted octanol–water partition coefficient (Wildman–Crippen LogP) is 2.46. The fraction of sp³-hybridized carbons (Fsp3) is 0.450. The molecule has 7 heteroatoms. The number of fused-ring (bicyclic) bond motifs is 1. The van der Waals surface area contributed by atoms with Crippen molar-refractivity contribution < 1.29 is 9.90 Å². The first-order valence-electron chi connectivity index (χ1n) is 9.22. The third-order valence-electron chi connectivity index (χ3n) is 4.59. The number of hydrogen-bond acceptors (Lipinski definition) is 5. The van der Waals surface area contributed by atoms with E-state index < -0.39 is 0 Å². The monoisotopic (exact) mass is 387 g/mol. The van der Waals surface area contributed by atoms with Crippen LogP contribution < -0.4 is 11.0 Å². The van der Waals surface area contributed by atoms with E-state index in [9.17, 15) is 9.59 Å². The number of nitrogens with zero attached hydrogens (tertiary/aromatic N) is 2. The molecule has 0 aliphatic heterocycles. The van der Waals surface area contributed by atoms with Crippen molar-refractivity contribution in [2.24, 2.45) is 0 Å². The van der Waals surface area contributed by atoms with Crippen molar-refractivity contribution in [3.05, 3.63) is 51.1 Å². The lowest BCUT2D eigenvalue weighted by atomic mass is 10.1. The highest BCUT2D eigenvalue weighted by molar-refractivity contribution is 8.00. The molecule has 0 unspecified atom stereocenters. The number of nitrogens with one attached hydrogen (secondary N) is 1. The molecule has 27 heavy (non-hydrogen) atoms. The molecule has 1 heterocycles. The fourth-order valence-corrected chi connectivity index (χ4v) is 4.42. The van der Waals surface area contributed by atoms with Crippen molar-refractivity contribution in [3.8, 4) is 0 Å². The SMILES string of the molecule is Cc1cc(C)cc(NC(=O)CSc2nc(=O)n(CCCO)c3c2CCC3)c1. The van der Waals surface area contributed by atoms with E-state index in [0.717, 1.165) is 47.3 Å². The van der Waals surface area contributed by atoms with E-state index >= 15 is 0 Å². The number of amides is 1. The Labute approximate surface area is 163 Å². The summed E-state index contributed by atoms with van der Waals surface area (Å²) in [5.41, 5.74) is 4.79. The number of anilines is 1. The summed E-state index contributed by atoms with van der Waals surface area (Å²) >= 11 is 1.32. The Kier molecular flexibility index (Phi) is 6.34. The molecule has 0 fully saturated rings. The van der Waals surface area contributed by atoms with E-state index in [1.807, 2.05) is 26.0 Å². The highest BCUT2D eigenvalue weighted by atomic mass is 32.2. The van der Waals surface area contributed by atoms with Gasteiger partial charge in [0.05, 0.1) is 5.75 Å². The number of carbonyl (C=O) groups excluding carboxylic acids is 1. The summed E-state index contributed by atoms with van der Waals surface area (Å²) in [5, 5.41) is 12.6. The zero-order chi connectivity index (χ0) is 19.4. The van der Waals surface area contributed by atoms with Gasteiger partial charge in [0.15, 0.2) is 0 Å². The standard InChI is InChI=1S/C20H25N3O3S/c1-13-9-14(2)11-15(10-13)21-18(25)12-27-19-16-5-3-6-17(16)23(7-4-8-24)20(26)22-19/h9-11,24H,3-8,12H2,1-2H3,(H,21,25). The van der Waals surface area contributed by atoms with E-state index in [4.69, 9.17) is 5.11 Å². The van der Waals surface area contributed by atoms with Crippen molar-refractivity contribution in [1.82, 2.24) is 9.55 Å². The second-order valence-electron chi connectivity index (χ2n) is 6.92. The average Bonchev–Trinajstić information content (AvgIpc) is 3.08. The van der Waals surface area contributed by atoms with Gasteiger partial charge in [-0.3, -0.25) is 9.36 Å². The number of rotatable bonds is 7. The molecular formula is C20H25N3O3S. The lowest BCUT2D eigenvalue weighted by Crippen LogP contribution is -2.28. The number of carbonyl (C=O) groups is 1. The van der Waals surface area contributed by atoms with E-state index in [2.05, 4.69) is 16.4 Å². The van der Waals surface area contributed by atoms with Gasteiger partial charge in [-0.15, -0.1) is 0 Å². The Hall–Kier alpha value is -2.12. The van der Waals surface area contributed by atoms with Crippen LogP contribution in [0, 0.1) is 13.8 Å². The van der Waals surface area contributed by atoms with Crippen LogP contribution >= 0.6 is 11.8 Å². The molecule has 1 aliphatic rings. The minimum atomic E-state index is -0.290. The molecule has 144 valence electrons. The van der Waals surface area contributed by atoms with Gasteiger partial charge in [0, 0.05) is 30.1 Å². The molecule has 1 aromatic heterocycles. The summed E-state index contributed by atoms with van der Waals surface area (Å²) in [5.74, 6) is 0.106. The maximum Gasteiger partial charge on any atom is 0.348 e. The molecular weight excluding hydrogens is 362 g/mol. The third-order valence-corrected chi connectivity index (χ3v) is 5.60. The Balaban J connectivity index is 1.71. The van der Waals surface area contributed by atoms with Gasteiger partial charge in [0.2, 0.25) is 5.91 Å². The molecule has 2 aromatic rings. The van der Waals surface area contributed by atoms with Crippen LogP contribution in [0.25, 0.3) is 0 Å². The Morgan fingerprint density at radius 1 is 1.26 bits per heavy atom. The quantitative estimate of drug-likeness (QED) is 0.563. The largest absolute Gasteiger partial charge is 0.396 e. The highest BCUT2D eigenvalue weighted by Crippen LogP contribution is 2.29. The molecule has 0 bridgehead atoms. The van der Waals surface area contributed by atoms with Gasteiger partial charge < -0.3 is 10.4 Å². The number of benzene rings is 1. The predicted molar refractivity (Wildman–Crippen MR) is 107 cm³/mol. The Bertz CT molecular complexity index is 888. The van der Waals surface area contributed by atoms with Crippen molar-refractivity contribution in [2.45, 2.75) is 51.1 Å². The second kappa shape index (κ2) is 8.71. The maximum atomic E-state index is 12.4. The number of aliphatic hydroxyl groups excluding tert-OH is 1. The average molecular weight is 388 g/mol. The van der Waals surface area contributed by atoms with Crippen molar-refractivity contribution in [1.29, 1.82) is 0 Å². The summed E-state index contributed by atoms with van der Waals surface area (Å²) in [7, 11) is 0. The van der Waals surface area contributed by atoms with Crippen LogP contribution in [0.3, 0.4) is 0 Å². The number of aliphatic hydroxyl groups is 1. The molecule has 6 nitrogen and oxygen atoms in total. The van der Waals surface area contributed by atoms with E-state index in [0.29, 0.717) is 18.0 Å². The third kappa shape index (κ3) is 4.78. The van der Waals surface area contributed by atoms with Gasteiger partial charge in [-0.05, 0) is 62.8 Å². The molecule has 0 radical (unpaired) electrons. The van der Waals surface area contributed by atoms with E-state index in [1.54, 1.807) is 4.57 Å².